The van der Waals surface area contributed by atoms with Gasteiger partial charge in [0.15, 0.2) is 5.69 Å². The van der Waals surface area contributed by atoms with Crippen LogP contribution in [0.3, 0.4) is 0 Å². The average Bonchev–Trinajstić information content (AvgIpc) is 3.31. The van der Waals surface area contributed by atoms with E-state index >= 15 is 0 Å². The summed E-state index contributed by atoms with van der Waals surface area (Å²) in [6.07, 6.45) is 2.95. The maximum Gasteiger partial charge on any atom is 0.275 e. The minimum Gasteiger partial charge on any atom is -0.373 e. The molecule has 5 rings (SSSR count). The smallest absolute Gasteiger partial charge is 0.275 e. The molecule has 156 valence electrons. The molecule has 4 heterocycles. The highest BCUT2D eigenvalue weighted by Gasteiger charge is 2.45. The Labute approximate surface area is 172 Å². The summed E-state index contributed by atoms with van der Waals surface area (Å²) in [7, 11) is 4.09. The summed E-state index contributed by atoms with van der Waals surface area (Å²) in [5.41, 5.74) is 1.52. The molecule has 2 aromatic rings. The molecule has 0 bridgehead atoms. The van der Waals surface area contributed by atoms with Crippen LogP contribution in [0.5, 0.6) is 0 Å². The predicted octanol–water partition coefficient (Wildman–Crippen LogP) is 1.58. The zero-order valence-corrected chi connectivity index (χ0v) is 17.5. The standard InChI is InChI=1S/C22H31N5O2/c1-24-11-13-26(14-12-24)17-15-22(29-16-17)7-9-27(10-8-22)21(28)20-18-5-3-4-6-19(18)25(2)23-20/h3-6,17H,7-16H2,1-2H3. The maximum absolute atomic E-state index is 13.2. The monoisotopic (exact) mass is 397 g/mol. The van der Waals surface area contributed by atoms with Crippen molar-refractivity contribution >= 4 is 16.8 Å². The Kier molecular flexibility index (Phi) is 4.84. The molecule has 1 spiro atoms. The molecule has 3 aliphatic rings. The summed E-state index contributed by atoms with van der Waals surface area (Å²) in [6, 6.07) is 8.48. The second-order valence-corrected chi connectivity index (χ2v) is 8.97. The first-order valence-corrected chi connectivity index (χ1v) is 10.8. The summed E-state index contributed by atoms with van der Waals surface area (Å²) in [4.78, 5) is 20.1. The van der Waals surface area contributed by atoms with E-state index in [-0.39, 0.29) is 11.5 Å². The minimum absolute atomic E-state index is 0.0447. The van der Waals surface area contributed by atoms with Crippen molar-refractivity contribution < 1.29 is 9.53 Å². The van der Waals surface area contributed by atoms with Crippen LogP contribution in [0.4, 0.5) is 0 Å². The number of carbonyl (C=O) groups excluding carboxylic acids is 1. The van der Waals surface area contributed by atoms with Crippen molar-refractivity contribution in [3.05, 3.63) is 30.0 Å². The number of piperidine rings is 1. The molecule has 29 heavy (non-hydrogen) atoms. The number of aryl methyl sites for hydroxylation is 1. The van der Waals surface area contributed by atoms with Gasteiger partial charge in [0.05, 0.1) is 17.7 Å². The minimum atomic E-state index is -0.0447. The summed E-state index contributed by atoms with van der Waals surface area (Å²) in [5.74, 6) is 0.0465. The second kappa shape index (κ2) is 7.38. The first-order valence-electron chi connectivity index (χ1n) is 10.8. The molecule has 0 saturated carbocycles. The lowest BCUT2D eigenvalue weighted by Crippen LogP contribution is -2.50. The van der Waals surface area contributed by atoms with Crippen molar-refractivity contribution in [1.82, 2.24) is 24.5 Å². The molecule has 1 aromatic heterocycles. The fourth-order valence-electron chi connectivity index (χ4n) is 5.23. The maximum atomic E-state index is 13.2. The molecule has 0 N–H and O–H groups in total. The number of ether oxygens (including phenoxy) is 1. The van der Waals surface area contributed by atoms with Crippen LogP contribution in [0.2, 0.25) is 0 Å². The number of rotatable bonds is 2. The molecule has 7 heteroatoms. The van der Waals surface area contributed by atoms with Crippen LogP contribution in [-0.2, 0) is 11.8 Å². The molecule has 7 nitrogen and oxygen atoms in total. The van der Waals surface area contributed by atoms with Crippen LogP contribution < -0.4 is 0 Å². The van der Waals surface area contributed by atoms with Crippen LogP contribution >= 0.6 is 0 Å². The number of hydrogen-bond acceptors (Lipinski definition) is 5. The number of hydrogen-bond donors (Lipinski definition) is 0. The number of likely N-dealkylation sites (tertiary alicyclic amines) is 1. The van der Waals surface area contributed by atoms with Crippen molar-refractivity contribution in [3.63, 3.8) is 0 Å². The van der Waals surface area contributed by atoms with E-state index in [4.69, 9.17) is 4.74 Å². The summed E-state index contributed by atoms with van der Waals surface area (Å²) in [6.45, 7) is 6.89. The molecule has 1 unspecified atom stereocenters. The van der Waals surface area contributed by atoms with Gasteiger partial charge in [-0.25, -0.2) is 0 Å². The average molecular weight is 398 g/mol. The van der Waals surface area contributed by atoms with E-state index in [2.05, 4.69) is 21.9 Å². The second-order valence-electron chi connectivity index (χ2n) is 8.97. The first-order chi connectivity index (χ1) is 14.0. The number of carbonyl (C=O) groups is 1. The van der Waals surface area contributed by atoms with Crippen LogP contribution in [-0.4, -0.2) is 95.0 Å². The molecule has 0 aliphatic carbocycles. The number of piperazine rings is 1. The van der Waals surface area contributed by atoms with E-state index in [0.717, 1.165) is 76.0 Å². The zero-order chi connectivity index (χ0) is 20.0. The lowest BCUT2D eigenvalue weighted by atomic mass is 9.87. The van der Waals surface area contributed by atoms with Gasteiger partial charge in [-0.3, -0.25) is 14.4 Å². The number of aromatic nitrogens is 2. The molecule has 1 atom stereocenters. The van der Waals surface area contributed by atoms with Gasteiger partial charge in [0.2, 0.25) is 0 Å². The number of amides is 1. The molecule has 3 fully saturated rings. The van der Waals surface area contributed by atoms with Gasteiger partial charge in [-0.1, -0.05) is 18.2 Å². The number of fused-ring (bicyclic) bond motifs is 1. The van der Waals surface area contributed by atoms with E-state index in [1.54, 1.807) is 4.68 Å². The number of nitrogens with zero attached hydrogens (tertiary/aromatic N) is 5. The van der Waals surface area contributed by atoms with Crippen LogP contribution in [0.15, 0.2) is 24.3 Å². The lowest BCUT2D eigenvalue weighted by Gasteiger charge is -2.39. The fourth-order valence-corrected chi connectivity index (χ4v) is 5.23. The Hall–Kier alpha value is -1.96. The molecule has 1 amide bonds. The Morgan fingerprint density at radius 1 is 1.07 bits per heavy atom. The van der Waals surface area contributed by atoms with Gasteiger partial charge in [0, 0.05) is 57.7 Å². The number of likely N-dealkylation sites (N-methyl/N-ethyl adjacent to an activating group) is 1. The highest BCUT2D eigenvalue weighted by atomic mass is 16.5. The molecule has 3 aliphatic heterocycles. The van der Waals surface area contributed by atoms with Crippen molar-refractivity contribution in [2.24, 2.45) is 7.05 Å². The van der Waals surface area contributed by atoms with Gasteiger partial charge in [0.25, 0.3) is 5.91 Å². The Balaban J connectivity index is 1.23. The predicted molar refractivity (Wildman–Crippen MR) is 112 cm³/mol. The Morgan fingerprint density at radius 3 is 2.55 bits per heavy atom. The molecule has 3 saturated heterocycles. The van der Waals surface area contributed by atoms with E-state index < -0.39 is 0 Å². The van der Waals surface area contributed by atoms with Crippen molar-refractivity contribution in [2.75, 3.05) is 52.9 Å². The quantitative estimate of drug-likeness (QED) is 0.770. The van der Waals surface area contributed by atoms with Gasteiger partial charge >= 0.3 is 0 Å². The SMILES string of the molecule is CN1CCN(C2COC3(CCN(C(=O)c4nn(C)c5ccccc45)CC3)C2)CC1. The van der Waals surface area contributed by atoms with Crippen LogP contribution in [0, 0.1) is 0 Å². The normalized spacial score (nSPS) is 25.9. The van der Waals surface area contributed by atoms with E-state index in [9.17, 15) is 4.79 Å². The van der Waals surface area contributed by atoms with Gasteiger partial charge in [0.1, 0.15) is 0 Å². The lowest BCUT2D eigenvalue weighted by molar-refractivity contribution is -0.0396. The molecular formula is C22H31N5O2. The van der Waals surface area contributed by atoms with Crippen molar-refractivity contribution in [1.29, 1.82) is 0 Å². The van der Waals surface area contributed by atoms with E-state index in [0.29, 0.717) is 11.7 Å². The van der Waals surface area contributed by atoms with Gasteiger partial charge in [-0.15, -0.1) is 0 Å². The highest BCUT2D eigenvalue weighted by Crippen LogP contribution is 2.38. The number of benzene rings is 1. The summed E-state index contributed by atoms with van der Waals surface area (Å²) >= 11 is 0. The van der Waals surface area contributed by atoms with Gasteiger partial charge in [-0.05, 0) is 32.4 Å². The van der Waals surface area contributed by atoms with E-state index in [1.807, 2.05) is 36.2 Å². The third kappa shape index (κ3) is 3.45. The number of para-hydroxylation sites is 1. The van der Waals surface area contributed by atoms with E-state index in [1.165, 1.54) is 0 Å². The van der Waals surface area contributed by atoms with Gasteiger partial charge < -0.3 is 14.5 Å². The fraction of sp³-hybridized carbons (Fsp3) is 0.636. The zero-order valence-electron chi connectivity index (χ0n) is 17.5. The van der Waals surface area contributed by atoms with Crippen LogP contribution in [0.1, 0.15) is 29.8 Å². The summed E-state index contributed by atoms with van der Waals surface area (Å²) < 4.78 is 8.17. The molecule has 1 aromatic carbocycles. The van der Waals surface area contributed by atoms with Crippen molar-refractivity contribution in [3.8, 4) is 0 Å². The Morgan fingerprint density at radius 2 is 1.79 bits per heavy atom. The van der Waals surface area contributed by atoms with Gasteiger partial charge in [-0.2, -0.15) is 5.10 Å². The van der Waals surface area contributed by atoms with Crippen molar-refractivity contribution in [2.45, 2.75) is 30.9 Å². The Bertz CT molecular complexity index is 894. The molecule has 0 radical (unpaired) electrons. The third-order valence-corrected chi connectivity index (χ3v) is 7.17. The third-order valence-electron chi connectivity index (χ3n) is 7.17. The first kappa shape index (κ1) is 19.0. The van der Waals surface area contributed by atoms with Crippen LogP contribution in [0.25, 0.3) is 10.9 Å². The largest absolute Gasteiger partial charge is 0.373 e. The highest BCUT2D eigenvalue weighted by molar-refractivity contribution is 6.04. The summed E-state index contributed by atoms with van der Waals surface area (Å²) in [5, 5.41) is 5.45. The molecular weight excluding hydrogens is 366 g/mol. The topological polar surface area (TPSA) is 53.8 Å².